The van der Waals surface area contributed by atoms with Gasteiger partial charge in [0.25, 0.3) is 0 Å². The number of methoxy groups -OCH3 is 4. The van der Waals surface area contributed by atoms with Crippen molar-refractivity contribution in [3.63, 3.8) is 0 Å². The van der Waals surface area contributed by atoms with Crippen molar-refractivity contribution in [2.24, 2.45) is 41.2 Å². The number of fused-ring (bicyclic) bond motifs is 3. The summed E-state index contributed by atoms with van der Waals surface area (Å²) in [6, 6.07) is 34.4. The third kappa shape index (κ3) is 26.0. The van der Waals surface area contributed by atoms with Crippen LogP contribution in [0.25, 0.3) is 11.1 Å². The number of carbonyl (C=O) groups is 9. The molecule has 24 nitrogen and oxygen atoms in total. The number of rotatable bonds is 45. The number of aliphatic hydroxyl groups is 2. The molecule has 123 heavy (non-hydrogen) atoms. The highest BCUT2D eigenvalue weighted by Crippen LogP contribution is 2.45. The van der Waals surface area contributed by atoms with Crippen LogP contribution in [-0.2, 0) is 74.9 Å². The summed E-state index contributed by atoms with van der Waals surface area (Å²) in [5.41, 5.74) is 6.86. The Morgan fingerprint density at radius 2 is 0.902 bits per heavy atom. The smallest absolute Gasteiger partial charge is 0.407 e. The maximum atomic E-state index is 14.7. The Morgan fingerprint density at radius 3 is 1.24 bits per heavy atom. The lowest BCUT2D eigenvalue weighted by Crippen LogP contribution is -2.57. The molecule has 26 heteroatoms. The molecule has 0 bridgehead atoms. The fourth-order valence-corrected chi connectivity index (χ4v) is 19.8. The molecular formula is C97H138N8O16S2. The predicted molar refractivity (Wildman–Crippen MR) is 481 cm³/mol. The molecule has 2 saturated heterocycles. The third-order valence-corrected chi connectivity index (χ3v) is 28.0. The van der Waals surface area contributed by atoms with Crippen LogP contribution in [0.4, 0.5) is 4.79 Å². The summed E-state index contributed by atoms with van der Waals surface area (Å²) < 4.78 is 30.0. The summed E-state index contributed by atoms with van der Waals surface area (Å²) in [4.78, 5) is 142. The van der Waals surface area contributed by atoms with Crippen LogP contribution in [0.1, 0.15) is 224 Å². The predicted octanol–water partition coefficient (Wildman–Crippen LogP) is 14.4. The Kier molecular flexibility index (Phi) is 36.8. The van der Waals surface area contributed by atoms with Crippen LogP contribution in [0.3, 0.4) is 0 Å². The number of Topliss-reactive ketones (excluding diaryl/α,β-unsaturated/α-hetero) is 4. The van der Waals surface area contributed by atoms with Gasteiger partial charge in [-0.1, -0.05) is 164 Å². The summed E-state index contributed by atoms with van der Waals surface area (Å²) in [7, 11) is 9.53. The van der Waals surface area contributed by atoms with E-state index in [2.05, 4.69) is 51.7 Å². The number of nitrogens with zero attached hydrogens (tertiary/aromatic N) is 6. The third-order valence-electron chi connectivity index (χ3n) is 26.1. The van der Waals surface area contributed by atoms with Crippen LogP contribution in [-0.4, -0.2) is 226 Å². The first-order chi connectivity index (χ1) is 58.1. The summed E-state index contributed by atoms with van der Waals surface area (Å²) >= 11 is 3.10. The van der Waals surface area contributed by atoms with E-state index in [-0.39, 0.29) is 110 Å². The standard InChI is InChI=1S/C56H74N4O9S.C41H64N4O7S/c1-11-35(2)50(47(67-9)33-49(63)60-28-19-26-45(60)51(68-10)36(3)46(61)31-38(52-57-27-29-70-52)30-37-20-13-12-14-21-37)59(8)53(64)44(56(6,7)66)32-48(62)55(4,5)58-54(65)69-34-43-41-24-17-15-22-39(41)40-23-16-18-25-42(40)43;1-11-26(2)36(44(8)39(49)30(41(6,7)50)24-34(47)40(4,5)42)33(51-9)25-35(48)45-20-15-18-31(45)37(52-10)27(3)32(46)23-29(38-43-19-21-53-38)22-28-16-13-12-14-17-28/h12-18,20-25,27,29,35-36,38,43-45,47,50-51,66H,11,19,26,28,30-34H2,1-10H3,(H,58,65);12-14,16-17,19,21,26-27,29-31,33,36-37,50H,11,15,18,20,22-25,42H2,1-10H3/t35-,36-,38+,44+,45-,47+,50-,51+;26-,27-,29+,30+,31-,33+,36-,37+/m00/s1. The molecule has 2 fully saturated rings. The highest BCUT2D eigenvalue weighted by atomic mass is 32.1. The maximum Gasteiger partial charge on any atom is 0.407 e. The van der Waals surface area contributed by atoms with Crippen molar-refractivity contribution in [1.82, 2.24) is 34.9 Å². The van der Waals surface area contributed by atoms with Gasteiger partial charge in [0, 0.05) is 134 Å². The first kappa shape index (κ1) is 100. The molecule has 5 amide bonds. The summed E-state index contributed by atoms with van der Waals surface area (Å²) in [6.07, 6.45) is 5.84. The number of likely N-dealkylation sites (N-methyl/N-ethyl adjacent to an activating group) is 2. The molecule has 1 aliphatic carbocycles. The molecule has 2 aromatic heterocycles. The molecule has 2 aliphatic heterocycles. The van der Waals surface area contributed by atoms with Crippen LogP contribution < -0.4 is 11.1 Å². The van der Waals surface area contributed by atoms with Crippen molar-refractivity contribution in [3.05, 3.63) is 165 Å². The van der Waals surface area contributed by atoms with Crippen LogP contribution >= 0.6 is 22.7 Å². The minimum absolute atomic E-state index is 0.00350. The molecule has 4 aromatic carbocycles. The fraction of sp³-hybridized carbons (Fsp3) is 0.598. The second-order valence-electron chi connectivity index (χ2n) is 36.5. The number of ether oxygens (including phenoxy) is 5. The SMILES string of the molecule is CC[C@H](C)[C@@H]([C@@H](CC(=O)N1CCC[C@H]1[C@H](OC)[C@@H](C)C(=O)C[C@@H](Cc1ccccc1)c1nccs1)OC)N(C)C(=O)[C@@H](CC(=O)C(C)(C)N)C(C)(C)O.CC[C@H](C)[C@@H]([C@@H](CC(=O)N1CCC[C@H]1[C@H](OC)[C@@H](C)C(=O)C[C@@H](Cc1ccccc1)c1nccs1)OC)N(C)C(=O)[C@@H](CC(=O)C(C)(C)NC(=O)OCC1c2ccccc2-c2ccccc21)C(C)(C)O. The monoisotopic (exact) mass is 1730 g/mol. The van der Waals surface area contributed by atoms with E-state index in [1.807, 2.05) is 135 Å². The molecule has 0 spiro atoms. The van der Waals surface area contributed by atoms with Gasteiger partial charge in [-0.2, -0.15) is 0 Å². The number of benzene rings is 4. The van der Waals surface area contributed by atoms with Crippen LogP contribution in [0.15, 0.2) is 132 Å². The Hall–Kier alpha value is -8.31. The number of amides is 5. The van der Waals surface area contributed by atoms with E-state index in [0.717, 1.165) is 56.2 Å². The number of likely N-dealkylation sites (tertiary alicyclic amines) is 2. The van der Waals surface area contributed by atoms with Gasteiger partial charge < -0.3 is 64.5 Å². The molecular weight excluding hydrogens is 1600 g/mol. The van der Waals surface area contributed by atoms with Gasteiger partial charge in [0.2, 0.25) is 23.6 Å². The Morgan fingerprint density at radius 1 is 0.528 bits per heavy atom. The fourth-order valence-electron chi connectivity index (χ4n) is 18.3. The highest BCUT2D eigenvalue weighted by Gasteiger charge is 2.49. The lowest BCUT2D eigenvalue weighted by atomic mass is 9.80. The lowest BCUT2D eigenvalue weighted by Gasteiger charge is -2.42. The van der Waals surface area contributed by atoms with Gasteiger partial charge >= 0.3 is 6.09 Å². The molecule has 3 aliphatic rings. The first-order valence-electron chi connectivity index (χ1n) is 43.7. The first-order valence-corrected chi connectivity index (χ1v) is 45.5. The lowest BCUT2D eigenvalue weighted by molar-refractivity contribution is -0.154. The van der Waals surface area contributed by atoms with Gasteiger partial charge in [-0.3, -0.25) is 38.4 Å². The zero-order valence-corrected chi connectivity index (χ0v) is 77.9. The molecule has 0 unspecified atom stereocenters. The Labute approximate surface area is 737 Å². The van der Waals surface area contributed by atoms with Gasteiger partial charge in [0.05, 0.1) is 106 Å². The van der Waals surface area contributed by atoms with Crippen molar-refractivity contribution in [1.29, 1.82) is 0 Å². The molecule has 6 aromatic rings. The average molecular weight is 1740 g/mol. The van der Waals surface area contributed by atoms with Crippen molar-refractivity contribution < 1.29 is 77.0 Å². The topological polar surface area (TPSA) is 317 Å². The second kappa shape index (κ2) is 45.2. The van der Waals surface area contributed by atoms with Crippen molar-refractivity contribution >= 4 is 75.5 Å². The number of thiazole rings is 2. The number of aromatic nitrogens is 2. The second-order valence-corrected chi connectivity index (χ2v) is 38.3. The quantitative estimate of drug-likeness (QED) is 0.0276. The highest BCUT2D eigenvalue weighted by molar-refractivity contribution is 7.09. The molecule has 4 heterocycles. The van der Waals surface area contributed by atoms with Crippen LogP contribution in [0.2, 0.25) is 0 Å². The average Bonchev–Trinajstić information content (AvgIpc) is 1.62. The van der Waals surface area contributed by atoms with Crippen LogP contribution in [0, 0.1) is 35.5 Å². The maximum absolute atomic E-state index is 14.7. The van der Waals surface area contributed by atoms with E-state index in [1.54, 1.807) is 96.0 Å². The number of alkyl carbamates (subject to hydrolysis) is 1. The van der Waals surface area contributed by atoms with Gasteiger partial charge in [-0.25, -0.2) is 14.8 Å². The van der Waals surface area contributed by atoms with Gasteiger partial charge in [0.1, 0.15) is 18.2 Å². The molecule has 16 atom stereocenters. The molecule has 674 valence electrons. The zero-order valence-electron chi connectivity index (χ0n) is 76.2. The van der Waals surface area contributed by atoms with E-state index in [9.17, 15) is 53.4 Å². The van der Waals surface area contributed by atoms with E-state index < -0.39 is 106 Å². The minimum atomic E-state index is -1.65. The van der Waals surface area contributed by atoms with E-state index in [4.69, 9.17) is 29.4 Å². The van der Waals surface area contributed by atoms with E-state index in [1.165, 1.54) is 46.8 Å². The molecule has 0 radical (unpaired) electrons. The number of hydrogen-bond acceptors (Lipinski definition) is 21. The van der Waals surface area contributed by atoms with Gasteiger partial charge in [-0.05, 0) is 139 Å². The Balaban J connectivity index is 0.000000318. The van der Waals surface area contributed by atoms with Crippen LogP contribution in [0.5, 0.6) is 0 Å². The summed E-state index contributed by atoms with van der Waals surface area (Å²) in [6.45, 7) is 25.2. The summed E-state index contributed by atoms with van der Waals surface area (Å²) in [5.74, 6) is -5.70. The normalized spacial score (nSPS) is 18.4. The van der Waals surface area contributed by atoms with E-state index in [0.29, 0.717) is 58.0 Å². The van der Waals surface area contributed by atoms with Crippen molar-refractivity contribution in [2.75, 3.05) is 62.2 Å². The summed E-state index contributed by atoms with van der Waals surface area (Å²) in [5, 5.41) is 31.0. The minimum Gasteiger partial charge on any atom is -0.449 e. The van der Waals surface area contributed by atoms with E-state index >= 15 is 0 Å². The number of nitrogens with two attached hydrogens (primary N) is 1. The molecule has 9 rings (SSSR count). The zero-order chi connectivity index (χ0) is 90.6. The number of ketones is 4. The molecule has 5 N–H and O–H groups in total. The molecule has 0 saturated carbocycles. The Bertz CT molecular complexity index is 4370. The number of hydrogen-bond donors (Lipinski definition) is 4. The van der Waals surface area contributed by atoms with Gasteiger partial charge in [-0.15, -0.1) is 22.7 Å². The van der Waals surface area contributed by atoms with Crippen molar-refractivity contribution in [3.8, 4) is 11.1 Å². The van der Waals surface area contributed by atoms with Gasteiger partial charge in [0.15, 0.2) is 11.6 Å². The number of carbonyl (C=O) groups excluding carboxylic acids is 9. The van der Waals surface area contributed by atoms with Crippen molar-refractivity contribution in [2.45, 2.75) is 275 Å². The largest absolute Gasteiger partial charge is 0.449 e. The number of nitrogens with one attached hydrogen (secondary N) is 1.